The summed E-state index contributed by atoms with van der Waals surface area (Å²) in [7, 11) is 0. The van der Waals surface area contributed by atoms with Crippen molar-refractivity contribution in [3.8, 4) is 11.3 Å². The van der Waals surface area contributed by atoms with E-state index in [1.165, 1.54) is 0 Å². The summed E-state index contributed by atoms with van der Waals surface area (Å²) in [5.41, 5.74) is 2.02. The summed E-state index contributed by atoms with van der Waals surface area (Å²) in [6, 6.07) is 5.88. The third kappa shape index (κ3) is 2.88. The molecule has 5 nitrogen and oxygen atoms in total. The lowest BCUT2D eigenvalue weighted by atomic mass is 10.2. The highest BCUT2D eigenvalue weighted by atomic mass is 15.3. The van der Waals surface area contributed by atoms with Crippen LogP contribution in [0.4, 0.5) is 5.95 Å². The van der Waals surface area contributed by atoms with Crippen LogP contribution in [0.15, 0.2) is 36.8 Å². The molecule has 0 unspecified atom stereocenters. The van der Waals surface area contributed by atoms with Crippen LogP contribution in [0, 0.1) is 0 Å². The SMILES string of the molecule is c1cc(-c2ccnc(N3CCCNCC3)n2)ccn1. The quantitative estimate of drug-likeness (QED) is 0.877. The first kappa shape index (κ1) is 12.0. The minimum atomic E-state index is 0.818. The molecule has 2 aromatic heterocycles. The minimum absolute atomic E-state index is 0.818. The second-order valence-electron chi connectivity index (χ2n) is 4.57. The van der Waals surface area contributed by atoms with E-state index in [2.05, 4.69) is 25.2 Å². The molecule has 1 aliphatic heterocycles. The summed E-state index contributed by atoms with van der Waals surface area (Å²) in [6.45, 7) is 4.02. The summed E-state index contributed by atoms with van der Waals surface area (Å²) in [5.74, 6) is 0.818. The molecule has 0 saturated carbocycles. The van der Waals surface area contributed by atoms with Gasteiger partial charge in [-0.05, 0) is 31.2 Å². The van der Waals surface area contributed by atoms with Crippen molar-refractivity contribution in [1.82, 2.24) is 20.3 Å². The van der Waals surface area contributed by atoms with Crippen LogP contribution in [0.5, 0.6) is 0 Å². The molecule has 5 heteroatoms. The molecule has 1 aliphatic rings. The highest BCUT2D eigenvalue weighted by Gasteiger charge is 2.12. The van der Waals surface area contributed by atoms with Crippen LogP contribution in [0.3, 0.4) is 0 Å². The average Bonchev–Trinajstić information content (AvgIpc) is 2.77. The maximum atomic E-state index is 4.67. The van der Waals surface area contributed by atoms with Crippen LogP contribution in [-0.2, 0) is 0 Å². The van der Waals surface area contributed by atoms with Crippen molar-refractivity contribution in [1.29, 1.82) is 0 Å². The number of anilines is 1. The van der Waals surface area contributed by atoms with E-state index >= 15 is 0 Å². The molecule has 2 aromatic rings. The first-order chi connectivity index (χ1) is 9.43. The number of hydrogen-bond acceptors (Lipinski definition) is 5. The number of nitrogens with zero attached hydrogens (tertiary/aromatic N) is 4. The largest absolute Gasteiger partial charge is 0.339 e. The Morgan fingerprint density at radius 1 is 1.00 bits per heavy atom. The monoisotopic (exact) mass is 255 g/mol. The Balaban J connectivity index is 1.87. The third-order valence-electron chi connectivity index (χ3n) is 3.24. The van der Waals surface area contributed by atoms with Gasteiger partial charge in [0.15, 0.2) is 0 Å². The van der Waals surface area contributed by atoms with E-state index in [0.717, 1.165) is 49.8 Å². The minimum Gasteiger partial charge on any atom is -0.339 e. The summed E-state index contributed by atoms with van der Waals surface area (Å²) in [5, 5.41) is 3.39. The van der Waals surface area contributed by atoms with Gasteiger partial charge >= 0.3 is 0 Å². The molecule has 0 atom stereocenters. The van der Waals surface area contributed by atoms with E-state index in [9.17, 15) is 0 Å². The predicted molar refractivity (Wildman–Crippen MR) is 75.0 cm³/mol. The second-order valence-corrected chi connectivity index (χ2v) is 4.57. The number of aromatic nitrogens is 3. The predicted octanol–water partition coefficient (Wildman–Crippen LogP) is 1.34. The van der Waals surface area contributed by atoms with E-state index in [0.29, 0.717) is 0 Å². The van der Waals surface area contributed by atoms with Crippen LogP contribution in [0.1, 0.15) is 6.42 Å². The molecule has 0 spiro atoms. The molecule has 0 aromatic carbocycles. The van der Waals surface area contributed by atoms with Crippen molar-refractivity contribution in [3.63, 3.8) is 0 Å². The van der Waals surface area contributed by atoms with Crippen molar-refractivity contribution >= 4 is 5.95 Å². The molecule has 0 amide bonds. The van der Waals surface area contributed by atoms with Gasteiger partial charge in [0.1, 0.15) is 0 Å². The van der Waals surface area contributed by atoms with Crippen LogP contribution in [0.25, 0.3) is 11.3 Å². The van der Waals surface area contributed by atoms with Gasteiger partial charge in [0, 0.05) is 43.8 Å². The zero-order valence-corrected chi connectivity index (χ0v) is 10.8. The lowest BCUT2D eigenvalue weighted by Gasteiger charge is -2.20. The van der Waals surface area contributed by atoms with Crippen LogP contribution < -0.4 is 10.2 Å². The Labute approximate surface area is 112 Å². The molecule has 0 radical (unpaired) electrons. The Morgan fingerprint density at radius 3 is 2.79 bits per heavy atom. The van der Waals surface area contributed by atoms with Gasteiger partial charge < -0.3 is 10.2 Å². The number of pyridine rings is 1. The lowest BCUT2D eigenvalue weighted by molar-refractivity contribution is 0.724. The van der Waals surface area contributed by atoms with Gasteiger partial charge in [-0.2, -0.15) is 0 Å². The number of hydrogen-bond donors (Lipinski definition) is 1. The molecule has 3 rings (SSSR count). The molecule has 1 fully saturated rings. The third-order valence-corrected chi connectivity index (χ3v) is 3.24. The van der Waals surface area contributed by atoms with Crippen molar-refractivity contribution in [3.05, 3.63) is 36.8 Å². The zero-order chi connectivity index (χ0) is 12.9. The van der Waals surface area contributed by atoms with Crippen LogP contribution in [0.2, 0.25) is 0 Å². The summed E-state index contributed by atoms with van der Waals surface area (Å²) >= 11 is 0. The highest BCUT2D eigenvalue weighted by molar-refractivity contribution is 5.59. The molecule has 3 heterocycles. The molecular weight excluding hydrogens is 238 g/mol. The molecule has 0 aliphatic carbocycles. The summed E-state index contributed by atoms with van der Waals surface area (Å²) < 4.78 is 0. The first-order valence-electron chi connectivity index (χ1n) is 6.62. The average molecular weight is 255 g/mol. The van der Waals surface area contributed by atoms with Gasteiger partial charge in [0.25, 0.3) is 0 Å². The summed E-state index contributed by atoms with van der Waals surface area (Å²) in [4.78, 5) is 15.3. The Morgan fingerprint density at radius 2 is 1.89 bits per heavy atom. The van der Waals surface area contributed by atoms with Gasteiger partial charge in [0.05, 0.1) is 5.69 Å². The fourth-order valence-electron chi connectivity index (χ4n) is 2.23. The van der Waals surface area contributed by atoms with E-state index < -0.39 is 0 Å². The van der Waals surface area contributed by atoms with Gasteiger partial charge in [-0.3, -0.25) is 4.98 Å². The summed E-state index contributed by atoms with van der Waals surface area (Å²) in [6.07, 6.45) is 6.53. The maximum Gasteiger partial charge on any atom is 0.225 e. The topological polar surface area (TPSA) is 53.9 Å². The maximum absolute atomic E-state index is 4.67. The zero-order valence-electron chi connectivity index (χ0n) is 10.8. The fourth-order valence-corrected chi connectivity index (χ4v) is 2.23. The van der Waals surface area contributed by atoms with Gasteiger partial charge in [0.2, 0.25) is 5.95 Å². The Kier molecular flexibility index (Phi) is 3.65. The number of rotatable bonds is 2. The van der Waals surface area contributed by atoms with E-state index in [1.54, 1.807) is 12.4 Å². The fraction of sp³-hybridized carbons (Fsp3) is 0.357. The van der Waals surface area contributed by atoms with E-state index in [1.807, 2.05) is 24.4 Å². The van der Waals surface area contributed by atoms with Gasteiger partial charge in [-0.25, -0.2) is 9.97 Å². The van der Waals surface area contributed by atoms with Crippen molar-refractivity contribution in [2.24, 2.45) is 0 Å². The Bertz CT molecular complexity index is 520. The number of nitrogens with one attached hydrogen (secondary N) is 1. The molecule has 1 N–H and O–H groups in total. The lowest BCUT2D eigenvalue weighted by Crippen LogP contribution is -2.29. The normalized spacial score (nSPS) is 16.1. The molecule has 19 heavy (non-hydrogen) atoms. The van der Waals surface area contributed by atoms with Crippen molar-refractivity contribution in [2.45, 2.75) is 6.42 Å². The smallest absolute Gasteiger partial charge is 0.225 e. The highest BCUT2D eigenvalue weighted by Crippen LogP contribution is 2.18. The first-order valence-corrected chi connectivity index (χ1v) is 6.62. The molecule has 0 bridgehead atoms. The van der Waals surface area contributed by atoms with E-state index in [-0.39, 0.29) is 0 Å². The molecule has 98 valence electrons. The standard InChI is InChI=1S/C14H17N5/c1-5-15-9-11-19(10-1)14-17-8-4-13(18-14)12-2-6-16-7-3-12/h2-4,6-8,15H,1,5,9-11H2. The van der Waals surface area contributed by atoms with Crippen LogP contribution >= 0.6 is 0 Å². The van der Waals surface area contributed by atoms with Crippen LogP contribution in [-0.4, -0.2) is 41.1 Å². The van der Waals surface area contributed by atoms with E-state index in [4.69, 9.17) is 0 Å². The second kappa shape index (κ2) is 5.75. The van der Waals surface area contributed by atoms with Gasteiger partial charge in [-0.1, -0.05) is 0 Å². The Hall–Kier alpha value is -2.01. The molecular formula is C14H17N5. The molecule has 1 saturated heterocycles. The van der Waals surface area contributed by atoms with Crippen molar-refractivity contribution in [2.75, 3.05) is 31.1 Å². The van der Waals surface area contributed by atoms with Gasteiger partial charge in [-0.15, -0.1) is 0 Å². The van der Waals surface area contributed by atoms with Crippen molar-refractivity contribution < 1.29 is 0 Å².